The van der Waals surface area contributed by atoms with Crippen LogP contribution in [0.4, 0.5) is 5.82 Å². The highest BCUT2D eigenvalue weighted by atomic mass is 32.1. The summed E-state index contributed by atoms with van der Waals surface area (Å²) in [5.41, 5.74) is 2.48. The van der Waals surface area contributed by atoms with E-state index in [1.165, 1.54) is 11.3 Å². The summed E-state index contributed by atoms with van der Waals surface area (Å²) in [4.78, 5) is 17.3. The van der Waals surface area contributed by atoms with Gasteiger partial charge in [0, 0.05) is 11.6 Å². The predicted molar refractivity (Wildman–Crippen MR) is 112 cm³/mol. The van der Waals surface area contributed by atoms with Gasteiger partial charge in [0.15, 0.2) is 0 Å². The minimum atomic E-state index is -0.285. The number of thiazole rings is 1. The average Bonchev–Trinajstić information content (AvgIpc) is 3.32. The molecular formula is C21H17N5O2S. The maximum Gasteiger partial charge on any atom is 0.256 e. The largest absolute Gasteiger partial charge is 0.492 e. The molecule has 1 amide bonds. The number of para-hydroxylation sites is 1. The van der Waals surface area contributed by atoms with Gasteiger partial charge in [0.05, 0.1) is 28.6 Å². The van der Waals surface area contributed by atoms with E-state index in [-0.39, 0.29) is 5.91 Å². The van der Waals surface area contributed by atoms with Crippen LogP contribution in [-0.4, -0.2) is 27.3 Å². The summed E-state index contributed by atoms with van der Waals surface area (Å²) in [6.45, 7) is 4.34. The number of nitriles is 1. The van der Waals surface area contributed by atoms with E-state index in [0.29, 0.717) is 28.7 Å². The maximum atomic E-state index is 12.6. The summed E-state index contributed by atoms with van der Waals surface area (Å²) >= 11 is 1.47. The Bertz CT molecular complexity index is 1230. The molecule has 0 aliphatic heterocycles. The molecule has 0 aliphatic carbocycles. The number of aryl methyl sites for hydroxylation is 1. The first-order valence-electron chi connectivity index (χ1n) is 9.00. The minimum absolute atomic E-state index is 0.285. The number of carbonyl (C=O) groups is 1. The van der Waals surface area contributed by atoms with Gasteiger partial charge < -0.3 is 10.1 Å². The molecule has 4 rings (SSSR count). The fourth-order valence-corrected chi connectivity index (χ4v) is 3.84. The average molecular weight is 403 g/mol. The molecule has 0 saturated carbocycles. The fraction of sp³-hybridized carbons (Fsp3) is 0.143. The van der Waals surface area contributed by atoms with Gasteiger partial charge in [-0.25, -0.2) is 4.98 Å². The Kier molecular flexibility index (Phi) is 4.97. The van der Waals surface area contributed by atoms with Crippen LogP contribution in [0.3, 0.4) is 0 Å². The fourth-order valence-electron chi connectivity index (χ4n) is 2.89. The van der Waals surface area contributed by atoms with Crippen LogP contribution in [0.1, 0.15) is 28.5 Å². The molecule has 0 aliphatic rings. The van der Waals surface area contributed by atoms with E-state index in [0.717, 1.165) is 21.7 Å². The summed E-state index contributed by atoms with van der Waals surface area (Å²) in [5.74, 6) is 0.958. The monoisotopic (exact) mass is 403 g/mol. The van der Waals surface area contributed by atoms with E-state index in [1.54, 1.807) is 35.0 Å². The van der Waals surface area contributed by atoms with E-state index in [9.17, 15) is 4.79 Å². The van der Waals surface area contributed by atoms with E-state index in [2.05, 4.69) is 15.4 Å². The Morgan fingerprint density at radius 3 is 2.79 bits per heavy atom. The summed E-state index contributed by atoms with van der Waals surface area (Å²) in [6, 6.07) is 16.1. The number of ether oxygens (including phenoxy) is 1. The zero-order chi connectivity index (χ0) is 20.4. The number of nitrogens with zero attached hydrogens (tertiary/aromatic N) is 4. The molecule has 0 fully saturated rings. The molecule has 2 aromatic carbocycles. The second-order valence-corrected chi connectivity index (χ2v) is 7.27. The zero-order valence-corrected chi connectivity index (χ0v) is 16.7. The molecule has 7 nitrogen and oxygen atoms in total. The lowest BCUT2D eigenvalue weighted by molar-refractivity contribution is 0.102. The summed E-state index contributed by atoms with van der Waals surface area (Å²) in [6.07, 6.45) is 0. The molecule has 4 aromatic rings. The molecule has 0 bridgehead atoms. The van der Waals surface area contributed by atoms with Gasteiger partial charge in [-0.3, -0.25) is 4.79 Å². The number of fused-ring (bicyclic) bond motifs is 1. The Labute approximate surface area is 171 Å². The summed E-state index contributed by atoms with van der Waals surface area (Å²) in [5, 5.41) is 16.9. The molecular weight excluding hydrogens is 386 g/mol. The Hall–Kier alpha value is -3.70. The van der Waals surface area contributed by atoms with Gasteiger partial charge in [-0.1, -0.05) is 17.4 Å². The van der Waals surface area contributed by atoms with Gasteiger partial charge in [-0.15, -0.1) is 0 Å². The Morgan fingerprint density at radius 1 is 1.28 bits per heavy atom. The molecule has 2 aromatic heterocycles. The zero-order valence-electron chi connectivity index (χ0n) is 15.8. The van der Waals surface area contributed by atoms with Crippen LogP contribution in [0.15, 0.2) is 48.5 Å². The van der Waals surface area contributed by atoms with Crippen LogP contribution >= 0.6 is 11.3 Å². The molecule has 0 atom stereocenters. The second kappa shape index (κ2) is 7.73. The summed E-state index contributed by atoms with van der Waals surface area (Å²) in [7, 11) is 0. The lowest BCUT2D eigenvalue weighted by atomic mass is 10.1. The molecule has 29 heavy (non-hydrogen) atoms. The first-order valence-corrected chi connectivity index (χ1v) is 9.81. The number of amides is 1. The number of carbonyl (C=O) groups excluding carboxylic acids is 1. The quantitative estimate of drug-likeness (QED) is 0.536. The first kappa shape index (κ1) is 18.7. The molecule has 0 spiro atoms. The van der Waals surface area contributed by atoms with Crippen molar-refractivity contribution >= 4 is 33.3 Å². The van der Waals surface area contributed by atoms with E-state index in [4.69, 9.17) is 10.00 Å². The van der Waals surface area contributed by atoms with Crippen LogP contribution in [0, 0.1) is 18.3 Å². The molecule has 2 heterocycles. The Morgan fingerprint density at radius 2 is 2.07 bits per heavy atom. The number of hydrogen-bond donors (Lipinski definition) is 1. The highest BCUT2D eigenvalue weighted by Crippen LogP contribution is 2.32. The van der Waals surface area contributed by atoms with Crippen molar-refractivity contribution in [2.75, 3.05) is 11.9 Å². The SMILES string of the molecule is CCOc1cccc2sc(-n3nc(C)cc3NC(=O)c3ccc(C#N)cc3)nc12. The topological polar surface area (TPSA) is 92.8 Å². The van der Waals surface area contributed by atoms with Gasteiger partial charge in [0.25, 0.3) is 5.91 Å². The van der Waals surface area contributed by atoms with Crippen LogP contribution in [0.2, 0.25) is 0 Å². The lowest BCUT2D eigenvalue weighted by Gasteiger charge is -2.06. The number of benzene rings is 2. The van der Waals surface area contributed by atoms with Gasteiger partial charge in [-0.05, 0) is 50.2 Å². The van der Waals surface area contributed by atoms with Crippen molar-refractivity contribution in [3.05, 3.63) is 65.4 Å². The van der Waals surface area contributed by atoms with Crippen molar-refractivity contribution in [1.29, 1.82) is 5.26 Å². The van der Waals surface area contributed by atoms with Crippen molar-refractivity contribution in [2.45, 2.75) is 13.8 Å². The van der Waals surface area contributed by atoms with Crippen LogP contribution in [0.25, 0.3) is 15.3 Å². The number of aromatic nitrogens is 3. The molecule has 0 radical (unpaired) electrons. The molecule has 8 heteroatoms. The highest BCUT2D eigenvalue weighted by Gasteiger charge is 2.17. The van der Waals surface area contributed by atoms with Gasteiger partial charge in [-0.2, -0.15) is 15.0 Å². The smallest absolute Gasteiger partial charge is 0.256 e. The van der Waals surface area contributed by atoms with E-state index >= 15 is 0 Å². The van der Waals surface area contributed by atoms with Gasteiger partial charge in [0.1, 0.15) is 17.1 Å². The molecule has 0 saturated heterocycles. The first-order chi connectivity index (χ1) is 14.1. The second-order valence-electron chi connectivity index (χ2n) is 6.26. The van der Waals surface area contributed by atoms with Gasteiger partial charge in [0.2, 0.25) is 5.13 Å². The number of nitrogens with one attached hydrogen (secondary N) is 1. The van der Waals surface area contributed by atoms with Gasteiger partial charge >= 0.3 is 0 Å². The number of hydrogen-bond acceptors (Lipinski definition) is 6. The minimum Gasteiger partial charge on any atom is -0.492 e. The van der Waals surface area contributed by atoms with Crippen molar-refractivity contribution in [3.8, 4) is 17.0 Å². The normalized spacial score (nSPS) is 10.7. The van der Waals surface area contributed by atoms with Crippen LogP contribution in [-0.2, 0) is 0 Å². The third-order valence-electron chi connectivity index (χ3n) is 4.20. The third kappa shape index (κ3) is 3.68. The molecule has 1 N–H and O–H groups in total. The van der Waals surface area contributed by atoms with Crippen molar-refractivity contribution in [3.63, 3.8) is 0 Å². The van der Waals surface area contributed by atoms with Crippen LogP contribution in [0.5, 0.6) is 5.75 Å². The van der Waals surface area contributed by atoms with E-state index < -0.39 is 0 Å². The summed E-state index contributed by atoms with van der Waals surface area (Å²) < 4.78 is 8.26. The number of rotatable bonds is 5. The standard InChI is InChI=1S/C21H17N5O2S/c1-3-28-16-5-4-6-17-19(16)24-21(29-17)26-18(11-13(2)25-26)23-20(27)15-9-7-14(12-22)8-10-15/h4-11H,3H2,1-2H3,(H,23,27). The number of anilines is 1. The van der Waals surface area contributed by atoms with Crippen molar-refractivity contribution in [1.82, 2.24) is 14.8 Å². The third-order valence-corrected chi connectivity index (χ3v) is 5.20. The Balaban J connectivity index is 1.68. The highest BCUT2D eigenvalue weighted by molar-refractivity contribution is 7.20. The molecule has 0 unspecified atom stereocenters. The van der Waals surface area contributed by atoms with Crippen molar-refractivity contribution < 1.29 is 9.53 Å². The molecule has 144 valence electrons. The predicted octanol–water partition coefficient (Wildman–Crippen LogP) is 4.31. The van der Waals surface area contributed by atoms with Crippen molar-refractivity contribution in [2.24, 2.45) is 0 Å². The maximum absolute atomic E-state index is 12.6. The van der Waals surface area contributed by atoms with Crippen LogP contribution < -0.4 is 10.1 Å². The van der Waals surface area contributed by atoms with E-state index in [1.807, 2.05) is 38.1 Å². The lowest BCUT2D eigenvalue weighted by Crippen LogP contribution is -2.15.